The van der Waals surface area contributed by atoms with E-state index >= 15 is 0 Å². The van der Waals surface area contributed by atoms with Gasteiger partial charge in [-0.15, -0.1) is 0 Å². The van der Waals surface area contributed by atoms with Crippen molar-refractivity contribution in [1.29, 1.82) is 0 Å². The summed E-state index contributed by atoms with van der Waals surface area (Å²) in [4.78, 5) is 7.11. The predicted molar refractivity (Wildman–Crippen MR) is 80.7 cm³/mol. The minimum absolute atomic E-state index is 0.0375. The molecule has 2 aromatic rings. The normalized spacial score (nSPS) is 13.9. The molecule has 0 aliphatic heterocycles. The van der Waals surface area contributed by atoms with Gasteiger partial charge in [-0.1, -0.05) is 0 Å². The highest BCUT2D eigenvalue weighted by molar-refractivity contribution is 7.93. The van der Waals surface area contributed by atoms with E-state index in [1.165, 1.54) is 0 Å². The first-order valence-electron chi connectivity index (χ1n) is 6.15. The van der Waals surface area contributed by atoms with Gasteiger partial charge in [-0.2, -0.15) is 0 Å². The Labute approximate surface area is 120 Å². The van der Waals surface area contributed by atoms with Crippen LogP contribution < -0.4 is 5.73 Å². The second kappa shape index (κ2) is 5.53. The van der Waals surface area contributed by atoms with E-state index in [-0.39, 0.29) is 16.7 Å². The number of nitrogens with one attached hydrogen (secondary N) is 1. The minimum Gasteiger partial charge on any atom is -0.399 e. The van der Waals surface area contributed by atoms with Crippen LogP contribution >= 0.6 is 0 Å². The number of imidazole rings is 1. The maximum Gasteiger partial charge on any atom is 0.197 e. The molecule has 6 nitrogen and oxygen atoms in total. The number of hydrogen-bond donors (Lipinski definition) is 2. The van der Waals surface area contributed by atoms with Gasteiger partial charge in [0.05, 0.1) is 32.8 Å². The van der Waals surface area contributed by atoms with Crippen molar-refractivity contribution in [2.24, 2.45) is 0 Å². The molecule has 0 aliphatic carbocycles. The SMILES string of the molecule is CC(C)S(=O)(=O)CCS(=O)c1nc2ccc(N)cc2[nH]1. The highest BCUT2D eigenvalue weighted by Gasteiger charge is 2.19. The molecule has 0 bridgehead atoms. The number of anilines is 1. The monoisotopic (exact) mass is 315 g/mol. The molecule has 1 unspecified atom stereocenters. The number of sulfone groups is 1. The number of aromatic amines is 1. The second-order valence-corrected chi connectivity index (χ2v) is 8.95. The summed E-state index contributed by atoms with van der Waals surface area (Å²) in [5.74, 6) is -0.0771. The molecule has 0 saturated heterocycles. The summed E-state index contributed by atoms with van der Waals surface area (Å²) in [6.45, 7) is 3.23. The van der Waals surface area contributed by atoms with Gasteiger partial charge in [0.1, 0.15) is 0 Å². The number of nitrogens with zero attached hydrogens (tertiary/aromatic N) is 1. The topological polar surface area (TPSA) is 106 Å². The van der Waals surface area contributed by atoms with E-state index in [0.29, 0.717) is 16.7 Å². The number of H-pyrrole nitrogens is 1. The Morgan fingerprint density at radius 1 is 1.40 bits per heavy atom. The number of benzene rings is 1. The molecule has 20 heavy (non-hydrogen) atoms. The van der Waals surface area contributed by atoms with Crippen molar-refractivity contribution in [1.82, 2.24) is 9.97 Å². The molecule has 0 fully saturated rings. The summed E-state index contributed by atoms with van der Waals surface area (Å²) in [6.07, 6.45) is 0. The molecule has 0 saturated carbocycles. The first kappa shape index (κ1) is 15.0. The van der Waals surface area contributed by atoms with Gasteiger partial charge in [0.2, 0.25) is 0 Å². The lowest BCUT2D eigenvalue weighted by Crippen LogP contribution is -2.21. The number of fused-ring (bicyclic) bond motifs is 1. The highest BCUT2D eigenvalue weighted by Crippen LogP contribution is 2.16. The van der Waals surface area contributed by atoms with Crippen LogP contribution in [-0.2, 0) is 20.6 Å². The standard InChI is InChI=1S/C12H17N3O3S2/c1-8(2)20(17,18)6-5-19(16)12-14-10-4-3-9(13)7-11(10)15-12/h3-4,7-8H,5-6,13H2,1-2H3,(H,14,15). The molecule has 0 aliphatic rings. The average Bonchev–Trinajstić information content (AvgIpc) is 2.78. The van der Waals surface area contributed by atoms with Crippen LogP contribution in [0.3, 0.4) is 0 Å². The molecule has 2 rings (SSSR count). The van der Waals surface area contributed by atoms with Crippen molar-refractivity contribution in [2.75, 3.05) is 17.2 Å². The Bertz CT molecular complexity index is 750. The number of nitrogens with two attached hydrogens (primary N) is 1. The van der Waals surface area contributed by atoms with E-state index in [9.17, 15) is 12.6 Å². The second-order valence-electron chi connectivity index (χ2n) is 4.78. The van der Waals surface area contributed by atoms with E-state index in [2.05, 4.69) is 9.97 Å². The summed E-state index contributed by atoms with van der Waals surface area (Å²) in [7, 11) is -4.67. The molecule has 8 heteroatoms. The van der Waals surface area contributed by atoms with Crippen LogP contribution in [-0.4, -0.2) is 39.4 Å². The van der Waals surface area contributed by atoms with Gasteiger partial charge in [0.15, 0.2) is 15.0 Å². The fourth-order valence-corrected chi connectivity index (χ4v) is 4.26. The molecular formula is C12H17N3O3S2. The molecule has 1 aromatic heterocycles. The fourth-order valence-electron chi connectivity index (χ4n) is 1.64. The van der Waals surface area contributed by atoms with Crippen molar-refractivity contribution in [2.45, 2.75) is 24.3 Å². The molecule has 1 aromatic carbocycles. The fraction of sp³-hybridized carbons (Fsp3) is 0.417. The van der Waals surface area contributed by atoms with Gasteiger partial charge in [-0.05, 0) is 32.0 Å². The van der Waals surface area contributed by atoms with Crippen LogP contribution in [0.5, 0.6) is 0 Å². The molecule has 110 valence electrons. The molecule has 1 heterocycles. The van der Waals surface area contributed by atoms with Gasteiger partial charge in [0.25, 0.3) is 0 Å². The van der Waals surface area contributed by atoms with Crippen LogP contribution in [0.2, 0.25) is 0 Å². The first-order valence-corrected chi connectivity index (χ1v) is 9.18. The Balaban J connectivity index is 2.16. The zero-order chi connectivity index (χ0) is 14.9. The highest BCUT2D eigenvalue weighted by atomic mass is 32.2. The third-order valence-electron chi connectivity index (χ3n) is 2.97. The molecule has 1 atom stereocenters. The van der Waals surface area contributed by atoms with E-state index in [1.54, 1.807) is 32.0 Å². The van der Waals surface area contributed by atoms with Gasteiger partial charge in [-0.25, -0.2) is 13.4 Å². The predicted octanol–water partition coefficient (Wildman–Crippen LogP) is 1.08. The molecule has 0 radical (unpaired) electrons. The van der Waals surface area contributed by atoms with Crippen LogP contribution in [0.25, 0.3) is 11.0 Å². The van der Waals surface area contributed by atoms with E-state index < -0.39 is 25.9 Å². The summed E-state index contributed by atoms with van der Waals surface area (Å²) in [6, 6.07) is 5.14. The third-order valence-corrected chi connectivity index (χ3v) is 6.64. The number of hydrogen-bond acceptors (Lipinski definition) is 5. The number of aromatic nitrogens is 2. The van der Waals surface area contributed by atoms with Gasteiger partial charge in [0, 0.05) is 11.4 Å². The Kier molecular flexibility index (Phi) is 4.14. The molecule has 0 amide bonds. The van der Waals surface area contributed by atoms with Gasteiger partial charge >= 0.3 is 0 Å². The quantitative estimate of drug-likeness (QED) is 0.803. The molecule has 0 spiro atoms. The van der Waals surface area contributed by atoms with E-state index in [0.717, 1.165) is 0 Å². The summed E-state index contributed by atoms with van der Waals surface area (Å²) < 4.78 is 35.5. The van der Waals surface area contributed by atoms with E-state index in [4.69, 9.17) is 5.73 Å². The van der Waals surface area contributed by atoms with Crippen molar-refractivity contribution >= 4 is 37.4 Å². The Morgan fingerprint density at radius 3 is 2.75 bits per heavy atom. The zero-order valence-corrected chi connectivity index (χ0v) is 12.9. The van der Waals surface area contributed by atoms with Crippen molar-refractivity contribution < 1.29 is 12.6 Å². The first-order chi connectivity index (χ1) is 9.29. The maximum atomic E-state index is 12.1. The lowest BCUT2D eigenvalue weighted by atomic mass is 10.3. The summed E-state index contributed by atoms with van der Waals surface area (Å²) >= 11 is 0. The summed E-state index contributed by atoms with van der Waals surface area (Å²) in [5, 5.41) is -0.181. The van der Waals surface area contributed by atoms with Crippen LogP contribution in [0.4, 0.5) is 5.69 Å². The van der Waals surface area contributed by atoms with Crippen LogP contribution in [0, 0.1) is 0 Å². The number of nitrogen functional groups attached to an aromatic ring is 1. The van der Waals surface area contributed by atoms with Crippen molar-refractivity contribution in [3.8, 4) is 0 Å². The third kappa shape index (κ3) is 3.18. The Morgan fingerprint density at radius 2 is 2.10 bits per heavy atom. The van der Waals surface area contributed by atoms with Crippen LogP contribution in [0.1, 0.15) is 13.8 Å². The lowest BCUT2D eigenvalue weighted by molar-refractivity contribution is 0.588. The Hall–Kier alpha value is -1.41. The smallest absolute Gasteiger partial charge is 0.197 e. The molecular weight excluding hydrogens is 298 g/mol. The number of rotatable bonds is 5. The maximum absolute atomic E-state index is 12.1. The van der Waals surface area contributed by atoms with Crippen molar-refractivity contribution in [3.05, 3.63) is 18.2 Å². The minimum atomic E-state index is -3.19. The van der Waals surface area contributed by atoms with E-state index in [1.807, 2.05) is 0 Å². The largest absolute Gasteiger partial charge is 0.399 e. The van der Waals surface area contributed by atoms with Gasteiger partial charge in [-0.3, -0.25) is 4.21 Å². The average molecular weight is 315 g/mol. The summed E-state index contributed by atoms with van der Waals surface area (Å²) in [5.41, 5.74) is 7.60. The molecule has 3 N–H and O–H groups in total. The van der Waals surface area contributed by atoms with Crippen molar-refractivity contribution in [3.63, 3.8) is 0 Å². The van der Waals surface area contributed by atoms with Crippen LogP contribution in [0.15, 0.2) is 23.4 Å². The van der Waals surface area contributed by atoms with Gasteiger partial charge < -0.3 is 10.7 Å². The lowest BCUT2D eigenvalue weighted by Gasteiger charge is -2.06. The zero-order valence-electron chi connectivity index (χ0n) is 11.3.